The summed E-state index contributed by atoms with van der Waals surface area (Å²) in [4.78, 5) is 115. The van der Waals surface area contributed by atoms with Crippen molar-refractivity contribution in [2.75, 3.05) is 39.1 Å². The van der Waals surface area contributed by atoms with Crippen molar-refractivity contribution in [1.29, 1.82) is 0 Å². The fourth-order valence-electron chi connectivity index (χ4n) is 11.6. The molecule has 0 radical (unpaired) electrons. The van der Waals surface area contributed by atoms with Crippen LogP contribution in [-0.2, 0) is 61.5 Å². The largest absolute Gasteiger partial charge is 0.460 e. The third kappa shape index (κ3) is 18.7. The van der Waals surface area contributed by atoms with Crippen LogP contribution < -0.4 is 10.6 Å². The van der Waals surface area contributed by atoms with Gasteiger partial charge in [-0.05, 0) is 131 Å². The van der Waals surface area contributed by atoms with E-state index in [0.29, 0.717) is 57.8 Å². The molecule has 0 spiro atoms. The highest BCUT2D eigenvalue weighted by molar-refractivity contribution is 7.77. The average Bonchev–Trinajstić information content (AvgIpc) is 3.37. The lowest BCUT2D eigenvalue weighted by Gasteiger charge is -2.42. The molecule has 3 fully saturated rings. The highest BCUT2D eigenvalue weighted by Crippen LogP contribution is 2.54. The first-order valence-electron chi connectivity index (χ1n) is 28.5. The van der Waals surface area contributed by atoms with Crippen molar-refractivity contribution in [2.45, 2.75) is 180 Å². The number of ether oxygens (including phenoxy) is 6. The number of piperidine rings is 1. The molecule has 3 aliphatic heterocycles. The van der Waals surface area contributed by atoms with E-state index in [1.807, 2.05) is 51.2 Å². The second-order valence-electron chi connectivity index (χ2n) is 23.2. The van der Waals surface area contributed by atoms with E-state index in [2.05, 4.69) is 5.32 Å². The van der Waals surface area contributed by atoms with Crippen molar-refractivity contribution in [3.05, 3.63) is 71.9 Å². The van der Waals surface area contributed by atoms with E-state index >= 15 is 0 Å². The molecule has 4 aliphatic rings. The fraction of sp³-hybridized carbons (Fsp3) is 0.661. The number of nitrogens with one attached hydrogen (secondary N) is 1. The maximum Gasteiger partial charge on any atom is 0.411 e. The molecule has 1 aliphatic carbocycles. The van der Waals surface area contributed by atoms with Gasteiger partial charge in [0, 0.05) is 69.5 Å². The van der Waals surface area contributed by atoms with Crippen LogP contribution in [-0.4, -0.2) is 153 Å². The Balaban J connectivity index is 1.40. The van der Waals surface area contributed by atoms with E-state index in [4.69, 9.17) is 28.4 Å². The number of ketones is 3. The zero-order chi connectivity index (χ0) is 60.9. The molecule has 3 heterocycles. The lowest BCUT2D eigenvalue weighted by molar-refractivity contribution is -0.265. The van der Waals surface area contributed by atoms with Gasteiger partial charge in [0.1, 0.15) is 30.3 Å². The first-order chi connectivity index (χ1) is 38.5. The van der Waals surface area contributed by atoms with Crippen molar-refractivity contribution in [1.82, 2.24) is 4.90 Å². The average molecular weight is 1190 g/mol. The number of rotatable bonds is 11. The molecule has 0 aromatic heterocycles. The predicted molar refractivity (Wildman–Crippen MR) is 306 cm³/mol. The van der Waals surface area contributed by atoms with Crippen molar-refractivity contribution >= 4 is 61.3 Å². The Morgan fingerprint density at radius 1 is 0.854 bits per heavy atom. The number of nitrogens with zero attached hydrogens (tertiary/aromatic N) is 1. The van der Waals surface area contributed by atoms with Gasteiger partial charge < -0.3 is 58.2 Å². The molecular weight excluding hydrogens is 1100 g/mol. The van der Waals surface area contributed by atoms with Gasteiger partial charge in [0.2, 0.25) is 13.2 Å². The standard InChI is InChI=1S/C59H88N2O19P2/c1-35-16-12-11-13-17-36(2)49(75-8)32-44-23-19-41(7)59(69,80-44)55(65)56(66)61-27-15-14-18-46(61)57(67)78-50(33-47(62)37(3)29-40(6)53(64)54(77-10)52(63)39(5)28-35)38(4)30-42-20-26-48(51(31-42)76-9)79-58(68)60-43-21-24-45(25-22-43)81(70,71)34-82(72,73)74/h11-13,16-17,21-22,24-25,29,35,38-42,44,46,48-51,53-54,64,69H,14-15,18-20,23,26-28,30-34H2,1-10H3,(H,60,68)(H,70,71)(H2,72,73,74)/t35-,38-,39-,40?,41-,42+,44+,46?,48-,49+,50+,51-,53+,54+,59-/m1/s1. The molecule has 1 aromatic carbocycles. The van der Waals surface area contributed by atoms with Gasteiger partial charge in [-0.3, -0.25) is 33.6 Å². The summed E-state index contributed by atoms with van der Waals surface area (Å²) in [5, 5.41) is 26.0. The number of hydrogen-bond donors (Lipinski definition) is 6. The summed E-state index contributed by atoms with van der Waals surface area (Å²) >= 11 is 0. The number of esters is 1. The third-order valence-corrected chi connectivity index (χ3v) is 20.7. The second-order valence-corrected chi connectivity index (χ2v) is 27.5. The van der Waals surface area contributed by atoms with Crippen molar-refractivity contribution in [3.63, 3.8) is 0 Å². The van der Waals surface area contributed by atoms with Crippen LogP contribution in [0.4, 0.5) is 10.5 Å². The molecule has 2 amide bonds. The van der Waals surface area contributed by atoms with Gasteiger partial charge in [-0.1, -0.05) is 71.1 Å². The van der Waals surface area contributed by atoms with Crippen LogP contribution in [0.2, 0.25) is 0 Å². The highest BCUT2D eigenvalue weighted by Gasteiger charge is 2.53. The molecule has 82 heavy (non-hydrogen) atoms. The molecule has 2 bridgehead atoms. The number of amides is 2. The minimum atomic E-state index is -4.80. The summed E-state index contributed by atoms with van der Waals surface area (Å²) < 4.78 is 59.5. The first kappa shape index (κ1) is 68.3. The SMILES string of the molecule is CO[C@H]1C[C@@H]2CC[C@@H](C)[C@@](O)(O2)C(=O)C(=O)N2CCCCC2C(=O)O[C@H]([C@H](C)C[C@@H]2CC[C@@H](OC(=O)Nc3ccc(P(=O)(O)CP(=O)(O)O)cc3)[C@H](OC)C2)CC(=O)C(C)=CC(C)[C@H](O)[C@@H](OC)C(=O)[C@H](C)C[C@H](C)C=CC=CC=C1C. The Labute approximate surface area is 482 Å². The van der Waals surface area contributed by atoms with Crippen molar-refractivity contribution in [2.24, 2.45) is 35.5 Å². The number of methoxy groups -OCH3 is 3. The Hall–Kier alpha value is -4.50. The number of cyclic esters (lactones) is 1. The molecule has 1 aromatic rings. The number of fused-ring (bicyclic) bond motifs is 3. The van der Waals surface area contributed by atoms with Crippen LogP contribution in [0.25, 0.3) is 0 Å². The maximum atomic E-state index is 14.6. The molecule has 1 saturated carbocycles. The van der Waals surface area contributed by atoms with Gasteiger partial charge in [0.25, 0.3) is 11.7 Å². The van der Waals surface area contributed by atoms with Crippen LogP contribution in [0.3, 0.4) is 0 Å². The Bertz CT molecular complexity index is 2620. The smallest absolute Gasteiger partial charge is 0.411 e. The van der Waals surface area contributed by atoms with E-state index in [1.165, 1.54) is 38.5 Å². The highest BCUT2D eigenvalue weighted by atomic mass is 31.2. The van der Waals surface area contributed by atoms with E-state index in [0.717, 1.165) is 10.5 Å². The van der Waals surface area contributed by atoms with E-state index < -0.39 is 129 Å². The molecule has 21 nitrogen and oxygen atoms in total. The van der Waals surface area contributed by atoms with Gasteiger partial charge in [-0.25, -0.2) is 9.59 Å². The van der Waals surface area contributed by atoms with Crippen LogP contribution in [0.5, 0.6) is 0 Å². The van der Waals surface area contributed by atoms with Gasteiger partial charge >= 0.3 is 19.7 Å². The van der Waals surface area contributed by atoms with E-state index in [9.17, 15) is 62.8 Å². The molecular formula is C59H88N2O19P2. The molecule has 458 valence electrons. The third-order valence-electron chi connectivity index (χ3n) is 16.6. The lowest BCUT2D eigenvalue weighted by Crippen LogP contribution is -2.61. The number of benzene rings is 1. The fourth-order valence-corrected chi connectivity index (χ4v) is 14.9. The lowest BCUT2D eigenvalue weighted by atomic mass is 9.78. The number of allylic oxidation sites excluding steroid dienone is 6. The molecule has 5 rings (SSSR count). The zero-order valence-corrected chi connectivity index (χ0v) is 50.8. The topological polar surface area (TPSA) is 308 Å². The number of carbonyl (C=O) groups is 6. The van der Waals surface area contributed by atoms with Crippen LogP contribution >= 0.6 is 15.0 Å². The summed E-state index contributed by atoms with van der Waals surface area (Å²) in [7, 11) is -4.81. The minimum Gasteiger partial charge on any atom is -0.460 e. The van der Waals surface area contributed by atoms with E-state index in [1.54, 1.807) is 40.9 Å². The number of aliphatic hydroxyl groups is 2. The Morgan fingerprint density at radius 2 is 1.55 bits per heavy atom. The van der Waals surface area contributed by atoms with Crippen molar-refractivity contribution < 1.29 is 91.2 Å². The van der Waals surface area contributed by atoms with Gasteiger partial charge in [0.05, 0.1) is 24.4 Å². The minimum absolute atomic E-state index is 0.0171. The first-order valence-corrected chi connectivity index (χ1v) is 32.1. The van der Waals surface area contributed by atoms with E-state index in [-0.39, 0.29) is 60.0 Å². The molecule has 16 atom stereocenters. The summed E-state index contributed by atoms with van der Waals surface area (Å²) in [6.07, 6.45) is 8.24. The van der Waals surface area contributed by atoms with Crippen LogP contribution in [0, 0.1) is 35.5 Å². The normalized spacial score (nSPS) is 33.3. The molecule has 3 unspecified atom stereocenters. The molecule has 2 saturated heterocycles. The number of aliphatic hydroxyl groups excluding tert-OH is 1. The molecule has 6 N–H and O–H groups in total. The summed E-state index contributed by atoms with van der Waals surface area (Å²) in [5.41, 5.74) is 1.27. The van der Waals surface area contributed by atoms with Gasteiger partial charge in [0.15, 0.2) is 11.6 Å². The van der Waals surface area contributed by atoms with Gasteiger partial charge in [-0.2, -0.15) is 0 Å². The predicted octanol–water partition coefficient (Wildman–Crippen LogP) is 7.47. The zero-order valence-electron chi connectivity index (χ0n) is 49.0. The monoisotopic (exact) mass is 1190 g/mol. The van der Waals surface area contributed by atoms with Crippen molar-refractivity contribution in [3.8, 4) is 0 Å². The summed E-state index contributed by atoms with van der Waals surface area (Å²) in [6, 6.07) is 3.73. The maximum absolute atomic E-state index is 14.6. The number of Topliss-reactive ketones (excluding diaryl/α,β-unsaturated/α-hetero) is 3. The number of hydrogen-bond acceptors (Lipinski definition) is 16. The Morgan fingerprint density at radius 3 is 2.20 bits per heavy atom. The number of anilines is 1. The quantitative estimate of drug-likeness (QED) is 0.0711. The summed E-state index contributed by atoms with van der Waals surface area (Å²) in [6.45, 7) is 12.4. The second kappa shape index (κ2) is 30.5. The molecule has 23 heteroatoms. The Kier molecular flexibility index (Phi) is 25.4. The van der Waals surface area contributed by atoms with Crippen LogP contribution in [0.1, 0.15) is 126 Å². The number of carbonyl (C=O) groups excluding carboxylic acids is 6. The summed E-state index contributed by atoms with van der Waals surface area (Å²) in [5.74, 6) is -10.2. The van der Waals surface area contributed by atoms with Crippen LogP contribution in [0.15, 0.2) is 71.9 Å². The van der Waals surface area contributed by atoms with Gasteiger partial charge in [-0.15, -0.1) is 0 Å².